The molecule has 0 aromatic heterocycles. The third-order valence-corrected chi connectivity index (χ3v) is 6.16. The van der Waals surface area contributed by atoms with Crippen LogP contribution in [0.15, 0.2) is 91.0 Å². The van der Waals surface area contributed by atoms with Gasteiger partial charge in [0.25, 0.3) is 0 Å². The summed E-state index contributed by atoms with van der Waals surface area (Å²) in [6.07, 6.45) is 8.21. The van der Waals surface area contributed by atoms with E-state index in [1.807, 2.05) is 42.5 Å². The lowest BCUT2D eigenvalue weighted by Crippen LogP contribution is -2.26. The van der Waals surface area contributed by atoms with Crippen molar-refractivity contribution in [3.05, 3.63) is 102 Å². The lowest BCUT2D eigenvalue weighted by atomic mass is 9.79. The molecule has 0 bridgehead atoms. The number of carbonyl (C=O) groups excluding carboxylic acids is 1. The van der Waals surface area contributed by atoms with Crippen molar-refractivity contribution in [1.29, 1.82) is 0 Å². The first-order valence-electron chi connectivity index (χ1n) is 11.1. The van der Waals surface area contributed by atoms with E-state index >= 15 is 0 Å². The topological polar surface area (TPSA) is 20.1 Å². The molecule has 3 aromatic carbocycles. The van der Waals surface area contributed by atoms with Crippen LogP contribution in [0, 0.1) is 0 Å². The minimum absolute atomic E-state index is 0.102. The zero-order valence-corrected chi connectivity index (χ0v) is 19.8. The van der Waals surface area contributed by atoms with Crippen LogP contribution < -0.4 is 0 Å². The Balaban J connectivity index is 0.000000751. The zero-order valence-electron chi connectivity index (χ0n) is 19.8. The summed E-state index contributed by atoms with van der Waals surface area (Å²) < 4.78 is 31.3. The van der Waals surface area contributed by atoms with Gasteiger partial charge in [-0.2, -0.15) is 4.58 Å². The van der Waals surface area contributed by atoms with E-state index < -0.39 is 7.54 Å². The minimum Gasteiger partial charge on any atom is -0.299 e. The number of nitrogens with zero attached hydrogens (tertiary/aromatic N) is 1. The Bertz CT molecular complexity index is 1260. The van der Waals surface area contributed by atoms with Gasteiger partial charge in [-0.05, 0) is 43.2 Å². The second kappa shape index (κ2) is 10.7. The highest BCUT2D eigenvalue weighted by Crippen LogP contribution is 2.43. The van der Waals surface area contributed by atoms with Crippen LogP contribution >= 0.6 is 0 Å². The molecule has 1 heterocycles. The van der Waals surface area contributed by atoms with Gasteiger partial charge in [-0.25, -0.2) is 0 Å². The average molecular weight is 462 g/mol. The molecule has 0 N–H and O–H groups in total. The van der Waals surface area contributed by atoms with Crippen molar-refractivity contribution in [2.45, 2.75) is 32.1 Å². The van der Waals surface area contributed by atoms with Crippen LogP contribution in [0.5, 0.6) is 0 Å². The fraction of sp³-hybridized carbons (Fsp3) is 0.214. The predicted octanol–water partition coefficient (Wildman–Crippen LogP) is 7.21. The fourth-order valence-electron chi connectivity index (χ4n) is 4.66. The summed E-state index contributed by atoms with van der Waals surface area (Å²) in [6, 6.07) is 22.9. The molecule has 0 radical (unpaired) electrons. The normalized spacial score (nSPS) is 15.4. The van der Waals surface area contributed by atoms with Crippen molar-refractivity contribution >= 4 is 35.5 Å². The van der Waals surface area contributed by atoms with Crippen LogP contribution in [-0.4, -0.2) is 30.7 Å². The van der Waals surface area contributed by atoms with Gasteiger partial charge >= 0.3 is 7.54 Å². The molecule has 2 nitrogen and oxygen atoms in total. The SMILES string of the molecule is CC(=O)C(C=CC=CC1=[N+](C)c2ccc3ccccc3c2C1(C)C)c1ccccc1.FB(F)F. The van der Waals surface area contributed by atoms with Crippen LogP contribution in [0.2, 0.25) is 0 Å². The second-order valence-corrected chi connectivity index (χ2v) is 8.74. The van der Waals surface area contributed by atoms with Crippen molar-refractivity contribution in [1.82, 2.24) is 0 Å². The number of halogens is 3. The number of carbonyl (C=O) groups is 1. The smallest absolute Gasteiger partial charge is 0.299 e. The van der Waals surface area contributed by atoms with Crippen molar-refractivity contribution in [3.8, 4) is 0 Å². The van der Waals surface area contributed by atoms with E-state index in [4.69, 9.17) is 0 Å². The lowest BCUT2D eigenvalue weighted by Gasteiger charge is -2.17. The summed E-state index contributed by atoms with van der Waals surface area (Å²) in [5.41, 5.74) is 4.80. The van der Waals surface area contributed by atoms with E-state index in [1.54, 1.807) is 6.92 Å². The van der Waals surface area contributed by atoms with Crippen LogP contribution in [0.25, 0.3) is 10.8 Å². The molecule has 1 aliphatic rings. The quantitative estimate of drug-likeness (QED) is 0.223. The molecule has 0 amide bonds. The highest BCUT2D eigenvalue weighted by Gasteiger charge is 2.43. The molecule has 1 atom stereocenters. The Morgan fingerprint density at radius 3 is 2.21 bits per heavy atom. The summed E-state index contributed by atoms with van der Waals surface area (Å²) >= 11 is 0. The number of Topliss-reactive ketones (excluding diaryl/α,β-unsaturated/α-hetero) is 1. The molecule has 1 aliphatic heterocycles. The second-order valence-electron chi connectivity index (χ2n) is 8.74. The number of rotatable bonds is 5. The molecular formula is C28H28BF3NO+. The summed E-state index contributed by atoms with van der Waals surface area (Å²) in [4.78, 5) is 12.1. The molecule has 174 valence electrons. The molecule has 0 spiro atoms. The first-order chi connectivity index (χ1) is 16.1. The number of ketones is 1. The minimum atomic E-state index is -3.67. The Morgan fingerprint density at radius 2 is 1.56 bits per heavy atom. The third kappa shape index (κ3) is 5.38. The first-order valence-corrected chi connectivity index (χ1v) is 11.1. The number of hydrogen-bond donors (Lipinski definition) is 0. The molecular weight excluding hydrogens is 434 g/mol. The maximum Gasteiger partial charge on any atom is 0.762 e. The van der Waals surface area contributed by atoms with Crippen LogP contribution in [0.4, 0.5) is 18.6 Å². The molecule has 1 unspecified atom stereocenters. The zero-order chi connectivity index (χ0) is 24.9. The van der Waals surface area contributed by atoms with Gasteiger partial charge < -0.3 is 0 Å². The summed E-state index contributed by atoms with van der Waals surface area (Å²) in [7, 11) is -1.53. The molecule has 0 fully saturated rings. The summed E-state index contributed by atoms with van der Waals surface area (Å²) in [5, 5.41) is 2.58. The van der Waals surface area contributed by atoms with Gasteiger partial charge in [0.15, 0.2) is 5.71 Å². The maximum absolute atomic E-state index is 12.1. The van der Waals surface area contributed by atoms with Crippen molar-refractivity contribution in [3.63, 3.8) is 0 Å². The standard InChI is InChI=1S/C28H28NO.BF3/c1-20(30)23(21-12-6-5-7-13-21)15-10-11-17-26-28(2,3)27-24-16-9-8-14-22(24)18-19-25(27)29(26)4;2-1(3)4/h5-19,23H,1-4H3;/q+1;. The van der Waals surface area contributed by atoms with E-state index in [2.05, 4.69) is 74.0 Å². The van der Waals surface area contributed by atoms with Gasteiger partial charge in [-0.1, -0.05) is 72.8 Å². The molecule has 0 saturated heterocycles. The average Bonchev–Trinajstić information content (AvgIpc) is 2.99. The van der Waals surface area contributed by atoms with Gasteiger partial charge in [0, 0.05) is 17.7 Å². The van der Waals surface area contributed by atoms with Crippen LogP contribution in [0.3, 0.4) is 0 Å². The van der Waals surface area contributed by atoms with Gasteiger partial charge in [0.05, 0.1) is 11.3 Å². The van der Waals surface area contributed by atoms with E-state index in [-0.39, 0.29) is 17.1 Å². The van der Waals surface area contributed by atoms with Crippen molar-refractivity contribution in [2.24, 2.45) is 0 Å². The van der Waals surface area contributed by atoms with Gasteiger partial charge in [-0.15, -0.1) is 0 Å². The number of hydrogen-bond acceptors (Lipinski definition) is 1. The monoisotopic (exact) mass is 462 g/mol. The highest BCUT2D eigenvalue weighted by molar-refractivity contribution is 6.33. The summed E-state index contributed by atoms with van der Waals surface area (Å²) in [6.45, 7) is 6.22. The van der Waals surface area contributed by atoms with Crippen LogP contribution in [-0.2, 0) is 10.2 Å². The Kier molecular flexibility index (Phi) is 7.92. The molecule has 6 heteroatoms. The van der Waals surface area contributed by atoms with E-state index in [0.29, 0.717) is 0 Å². The van der Waals surface area contributed by atoms with E-state index in [9.17, 15) is 17.7 Å². The number of fused-ring (bicyclic) bond motifs is 3. The number of benzene rings is 3. The Hall–Kier alpha value is -3.41. The molecule has 0 saturated carbocycles. The van der Waals surface area contributed by atoms with Crippen LogP contribution in [0.1, 0.15) is 37.8 Å². The highest BCUT2D eigenvalue weighted by atomic mass is 19.4. The Morgan fingerprint density at radius 1 is 0.941 bits per heavy atom. The van der Waals surface area contributed by atoms with E-state index in [1.165, 1.54) is 27.7 Å². The third-order valence-electron chi connectivity index (χ3n) is 6.16. The molecule has 34 heavy (non-hydrogen) atoms. The largest absolute Gasteiger partial charge is 0.762 e. The van der Waals surface area contributed by atoms with E-state index in [0.717, 1.165) is 5.56 Å². The van der Waals surface area contributed by atoms with Gasteiger partial charge in [0.1, 0.15) is 12.8 Å². The molecule has 4 rings (SSSR count). The van der Waals surface area contributed by atoms with Gasteiger partial charge in [-0.3, -0.25) is 17.7 Å². The fourth-order valence-corrected chi connectivity index (χ4v) is 4.66. The number of allylic oxidation sites excluding steroid dienone is 4. The van der Waals surface area contributed by atoms with Gasteiger partial charge in [0.2, 0.25) is 5.69 Å². The molecule has 0 aliphatic carbocycles. The maximum atomic E-state index is 12.1. The molecule has 3 aromatic rings. The predicted molar refractivity (Wildman–Crippen MR) is 135 cm³/mol. The lowest BCUT2D eigenvalue weighted by molar-refractivity contribution is -0.401. The van der Waals surface area contributed by atoms with Crippen molar-refractivity contribution < 1.29 is 22.3 Å². The first kappa shape index (κ1) is 25.2. The summed E-state index contributed by atoms with van der Waals surface area (Å²) in [5.74, 6) is -0.0630. The Labute approximate surface area is 199 Å². The van der Waals surface area contributed by atoms with Crippen molar-refractivity contribution in [2.75, 3.05) is 7.05 Å².